The fourth-order valence-corrected chi connectivity index (χ4v) is 5.70. The van der Waals surface area contributed by atoms with Crippen LogP contribution in [0.2, 0.25) is 5.02 Å². The first kappa shape index (κ1) is 23.5. The van der Waals surface area contributed by atoms with Crippen molar-refractivity contribution < 1.29 is 14.3 Å². The van der Waals surface area contributed by atoms with Crippen molar-refractivity contribution in [2.24, 2.45) is 0 Å². The minimum atomic E-state index is -1.19. The fraction of sp³-hybridized carbons (Fsp3) is 0.154. The Bertz CT molecular complexity index is 1370. The molecule has 0 radical (unpaired) electrons. The molecule has 1 aliphatic heterocycles. The Hall–Kier alpha value is -3.20. The minimum Gasteiger partial charge on any atom is -0.473 e. The third-order valence-corrected chi connectivity index (χ3v) is 7.63. The number of pyridine rings is 2. The van der Waals surface area contributed by atoms with Gasteiger partial charge in [-0.3, -0.25) is 18.9 Å². The van der Waals surface area contributed by atoms with E-state index in [1.165, 1.54) is 15.6 Å². The van der Waals surface area contributed by atoms with Gasteiger partial charge in [0, 0.05) is 29.9 Å². The highest BCUT2D eigenvalue weighted by molar-refractivity contribution is 7.78. The van der Waals surface area contributed by atoms with Crippen LogP contribution in [-0.4, -0.2) is 26.0 Å². The number of halogens is 1. The van der Waals surface area contributed by atoms with Crippen molar-refractivity contribution in [3.8, 4) is 5.88 Å². The third-order valence-electron chi connectivity index (χ3n) is 6.07. The van der Waals surface area contributed by atoms with Gasteiger partial charge in [0.05, 0.1) is 5.69 Å². The molecule has 1 aliphatic rings. The summed E-state index contributed by atoms with van der Waals surface area (Å²) in [6.45, 7) is 0.307. The SMILES string of the molecule is O=C1CC(c2ccsc2)(c2cccc(OCc3ccncc3)n2)N(S)C(=O)C1c1ccccc1Cl. The van der Waals surface area contributed by atoms with Crippen LogP contribution in [0.4, 0.5) is 0 Å². The summed E-state index contributed by atoms with van der Waals surface area (Å²) in [6, 6.07) is 17.8. The monoisotopic (exact) mass is 521 g/mol. The number of amides is 1. The second kappa shape index (κ2) is 9.81. The number of Topliss-reactive ketones (excluding diaryl/α,β-unsaturated/α-hetero) is 1. The molecule has 0 aliphatic carbocycles. The lowest BCUT2D eigenvalue weighted by Crippen LogP contribution is -2.54. The van der Waals surface area contributed by atoms with Gasteiger partial charge in [-0.05, 0) is 57.8 Å². The van der Waals surface area contributed by atoms with Gasteiger partial charge in [-0.25, -0.2) is 4.98 Å². The number of thiol groups is 1. The Morgan fingerprint density at radius 2 is 1.89 bits per heavy atom. The maximum Gasteiger partial charge on any atom is 0.248 e. The number of hydrogen-bond donors (Lipinski definition) is 1. The lowest BCUT2D eigenvalue weighted by atomic mass is 9.75. The van der Waals surface area contributed by atoms with Crippen LogP contribution in [0.3, 0.4) is 0 Å². The van der Waals surface area contributed by atoms with E-state index in [-0.39, 0.29) is 12.2 Å². The van der Waals surface area contributed by atoms with Crippen LogP contribution in [0.15, 0.2) is 83.8 Å². The summed E-state index contributed by atoms with van der Waals surface area (Å²) >= 11 is 12.5. The van der Waals surface area contributed by atoms with Crippen molar-refractivity contribution in [2.75, 3.05) is 0 Å². The second-order valence-corrected chi connectivity index (χ2v) is 9.71. The molecule has 1 saturated heterocycles. The first-order valence-corrected chi connectivity index (χ1v) is 12.5. The highest BCUT2D eigenvalue weighted by Gasteiger charge is 2.53. The number of piperidine rings is 1. The second-order valence-electron chi connectivity index (χ2n) is 8.13. The summed E-state index contributed by atoms with van der Waals surface area (Å²) in [5.41, 5.74) is 1.49. The molecule has 2 unspecified atom stereocenters. The third kappa shape index (κ3) is 4.33. The molecular weight excluding hydrogens is 502 g/mol. The van der Waals surface area contributed by atoms with Crippen LogP contribution in [0, 0.1) is 0 Å². The molecular formula is C26H20ClN3O3S2. The number of carbonyl (C=O) groups excluding carboxylic acids is 2. The number of ketones is 1. The molecule has 0 saturated carbocycles. The van der Waals surface area contributed by atoms with Crippen molar-refractivity contribution in [3.63, 3.8) is 0 Å². The Morgan fingerprint density at radius 1 is 1.09 bits per heavy atom. The molecule has 4 aromatic rings. The van der Waals surface area contributed by atoms with Crippen LogP contribution in [0.5, 0.6) is 5.88 Å². The van der Waals surface area contributed by atoms with Gasteiger partial charge >= 0.3 is 0 Å². The smallest absolute Gasteiger partial charge is 0.248 e. The Kier molecular flexibility index (Phi) is 6.60. The lowest BCUT2D eigenvalue weighted by Gasteiger charge is -2.45. The molecule has 4 heterocycles. The van der Waals surface area contributed by atoms with Gasteiger partial charge in [0.1, 0.15) is 18.1 Å². The van der Waals surface area contributed by atoms with E-state index >= 15 is 0 Å². The molecule has 9 heteroatoms. The quantitative estimate of drug-likeness (QED) is 0.270. The van der Waals surface area contributed by atoms with Crippen molar-refractivity contribution in [1.82, 2.24) is 14.3 Å². The van der Waals surface area contributed by atoms with E-state index in [0.29, 0.717) is 28.8 Å². The summed E-state index contributed by atoms with van der Waals surface area (Å²) in [7, 11) is 0. The number of rotatable bonds is 6. The van der Waals surface area contributed by atoms with Crippen molar-refractivity contribution in [2.45, 2.75) is 24.5 Å². The van der Waals surface area contributed by atoms with E-state index in [4.69, 9.17) is 21.3 Å². The average molecular weight is 522 g/mol. The van der Waals surface area contributed by atoms with E-state index in [1.807, 2.05) is 29.0 Å². The molecule has 2 atom stereocenters. The van der Waals surface area contributed by atoms with E-state index in [2.05, 4.69) is 17.8 Å². The highest BCUT2D eigenvalue weighted by Crippen LogP contribution is 2.48. The molecule has 1 aromatic carbocycles. The summed E-state index contributed by atoms with van der Waals surface area (Å²) < 4.78 is 7.25. The van der Waals surface area contributed by atoms with E-state index < -0.39 is 17.4 Å². The van der Waals surface area contributed by atoms with Gasteiger partial charge in [0.15, 0.2) is 5.78 Å². The molecule has 6 nitrogen and oxygen atoms in total. The maximum absolute atomic E-state index is 13.7. The number of aromatic nitrogens is 2. The van der Waals surface area contributed by atoms with E-state index in [0.717, 1.165) is 11.1 Å². The Morgan fingerprint density at radius 3 is 2.63 bits per heavy atom. The van der Waals surface area contributed by atoms with Gasteiger partial charge < -0.3 is 4.74 Å². The summed E-state index contributed by atoms with van der Waals surface area (Å²) in [6.07, 6.45) is 3.39. The average Bonchev–Trinajstić information content (AvgIpc) is 3.42. The lowest BCUT2D eigenvalue weighted by molar-refractivity contribution is -0.142. The summed E-state index contributed by atoms with van der Waals surface area (Å²) in [5.74, 6) is -1.35. The van der Waals surface area contributed by atoms with Gasteiger partial charge in [-0.1, -0.05) is 48.7 Å². The zero-order chi connectivity index (χ0) is 24.4. The molecule has 0 bridgehead atoms. The topological polar surface area (TPSA) is 72.4 Å². The summed E-state index contributed by atoms with van der Waals surface area (Å²) in [4.78, 5) is 36.0. The number of hydrogen-bond acceptors (Lipinski definition) is 7. The highest BCUT2D eigenvalue weighted by atomic mass is 35.5. The molecule has 0 N–H and O–H groups in total. The van der Waals surface area contributed by atoms with E-state index in [1.54, 1.807) is 54.9 Å². The maximum atomic E-state index is 13.7. The van der Waals surface area contributed by atoms with Crippen molar-refractivity contribution in [3.05, 3.63) is 111 Å². The minimum absolute atomic E-state index is 0.00429. The van der Waals surface area contributed by atoms with Crippen molar-refractivity contribution in [1.29, 1.82) is 0 Å². The van der Waals surface area contributed by atoms with Crippen LogP contribution in [0.25, 0.3) is 0 Å². The van der Waals surface area contributed by atoms with Crippen LogP contribution in [-0.2, 0) is 21.7 Å². The van der Waals surface area contributed by atoms with Gasteiger partial charge in [-0.15, -0.1) is 0 Å². The predicted octanol–water partition coefficient (Wildman–Crippen LogP) is 5.44. The largest absolute Gasteiger partial charge is 0.473 e. The molecule has 1 fully saturated rings. The molecule has 3 aromatic heterocycles. The van der Waals surface area contributed by atoms with Gasteiger partial charge in [0.25, 0.3) is 0 Å². The molecule has 1 amide bonds. The Balaban J connectivity index is 1.54. The van der Waals surface area contributed by atoms with Gasteiger partial charge in [0.2, 0.25) is 11.8 Å². The Labute approximate surface area is 217 Å². The number of ether oxygens (including phenoxy) is 1. The number of nitrogens with zero attached hydrogens (tertiary/aromatic N) is 3. The van der Waals surface area contributed by atoms with Crippen LogP contribution >= 0.6 is 35.8 Å². The first-order chi connectivity index (χ1) is 17.0. The van der Waals surface area contributed by atoms with Crippen LogP contribution < -0.4 is 4.74 Å². The zero-order valence-corrected chi connectivity index (χ0v) is 20.8. The summed E-state index contributed by atoms with van der Waals surface area (Å²) in [5, 5.41) is 4.18. The first-order valence-electron chi connectivity index (χ1n) is 10.8. The molecule has 35 heavy (non-hydrogen) atoms. The molecule has 5 rings (SSSR count). The normalized spacial score (nSPS) is 20.2. The van der Waals surface area contributed by atoms with Crippen LogP contribution in [0.1, 0.15) is 34.7 Å². The van der Waals surface area contributed by atoms with E-state index in [9.17, 15) is 9.59 Å². The predicted molar refractivity (Wildman–Crippen MR) is 138 cm³/mol. The standard InChI is InChI=1S/C26H20ClN3O3S2/c27-20-5-2-1-4-19(20)24-21(31)14-26(30(34)25(24)32,18-10-13-35-16-18)22-6-3-7-23(29-22)33-15-17-8-11-28-12-9-17/h1-13,16,24,34H,14-15H2. The van der Waals surface area contributed by atoms with Crippen molar-refractivity contribution >= 4 is 47.4 Å². The number of benzene rings is 1. The fourth-order valence-electron chi connectivity index (χ4n) is 4.33. The molecule has 0 spiro atoms. The number of thiophene rings is 1. The molecule has 176 valence electrons. The zero-order valence-electron chi connectivity index (χ0n) is 18.4. The number of carbonyl (C=O) groups is 2. The van der Waals surface area contributed by atoms with Gasteiger partial charge in [-0.2, -0.15) is 11.3 Å².